The van der Waals surface area contributed by atoms with Crippen LogP contribution in [0, 0.1) is 0 Å². The third-order valence-corrected chi connectivity index (χ3v) is 3.39. The number of carbonyl (C=O) groups is 1. The van der Waals surface area contributed by atoms with Crippen LogP contribution >= 0.6 is 0 Å². The van der Waals surface area contributed by atoms with Crippen LogP contribution in [0.5, 0.6) is 0 Å². The van der Waals surface area contributed by atoms with Crippen LogP contribution < -0.4 is 4.90 Å². The van der Waals surface area contributed by atoms with Crippen LogP contribution in [0.4, 0.5) is 5.95 Å². The maximum absolute atomic E-state index is 11.2. The first-order valence-electron chi connectivity index (χ1n) is 6.67. The molecule has 0 amide bonds. The lowest BCUT2D eigenvalue weighted by Gasteiger charge is -2.16. The lowest BCUT2D eigenvalue weighted by atomic mass is 10.1. The molecule has 1 aromatic heterocycles. The molecule has 5 nitrogen and oxygen atoms in total. The lowest BCUT2D eigenvalue weighted by Crippen LogP contribution is -2.21. The van der Waals surface area contributed by atoms with Crippen LogP contribution in [-0.4, -0.2) is 34.1 Å². The Morgan fingerprint density at radius 2 is 1.80 bits per heavy atom. The summed E-state index contributed by atoms with van der Waals surface area (Å²) in [6.07, 6.45) is 2.20. The van der Waals surface area contributed by atoms with Gasteiger partial charge in [-0.3, -0.25) is 0 Å². The Balaban J connectivity index is 2.07. The fourth-order valence-electron chi connectivity index (χ4n) is 2.36. The van der Waals surface area contributed by atoms with E-state index in [1.54, 1.807) is 0 Å². The van der Waals surface area contributed by atoms with E-state index in [0.29, 0.717) is 11.6 Å². The van der Waals surface area contributed by atoms with Crippen molar-refractivity contribution < 1.29 is 9.90 Å². The number of rotatable bonds is 3. The van der Waals surface area contributed by atoms with Crippen molar-refractivity contribution in [2.24, 2.45) is 0 Å². The molecule has 5 heteroatoms. The number of hydrogen-bond acceptors (Lipinski definition) is 4. The Kier molecular flexibility index (Phi) is 3.33. The number of anilines is 1. The van der Waals surface area contributed by atoms with Crippen LogP contribution in [0.2, 0.25) is 0 Å². The smallest absolute Gasteiger partial charge is 0.354 e. The van der Waals surface area contributed by atoms with Crippen molar-refractivity contribution in [1.29, 1.82) is 0 Å². The summed E-state index contributed by atoms with van der Waals surface area (Å²) < 4.78 is 0. The number of benzene rings is 1. The molecule has 1 N–H and O–H groups in total. The predicted octanol–water partition coefficient (Wildman–Crippen LogP) is 2.44. The summed E-state index contributed by atoms with van der Waals surface area (Å²) >= 11 is 0. The highest BCUT2D eigenvalue weighted by molar-refractivity contribution is 5.87. The van der Waals surface area contributed by atoms with Gasteiger partial charge in [-0.15, -0.1) is 0 Å². The molecule has 2 aromatic rings. The summed E-state index contributed by atoms with van der Waals surface area (Å²) in [5.74, 6) is -0.508. The van der Waals surface area contributed by atoms with Gasteiger partial charge in [-0.1, -0.05) is 30.3 Å². The molecule has 1 saturated heterocycles. The van der Waals surface area contributed by atoms with E-state index in [1.807, 2.05) is 35.2 Å². The molecule has 1 aliphatic heterocycles. The van der Waals surface area contributed by atoms with Crippen molar-refractivity contribution in [3.8, 4) is 11.3 Å². The zero-order valence-corrected chi connectivity index (χ0v) is 11.0. The normalized spacial score (nSPS) is 14.5. The van der Waals surface area contributed by atoms with Gasteiger partial charge in [0.25, 0.3) is 0 Å². The maximum atomic E-state index is 11.2. The standard InChI is InChI=1S/C15H15N3O2/c19-14(20)13-10-12(11-6-2-1-3-7-11)16-15(17-13)18-8-4-5-9-18/h1-3,6-7,10H,4-5,8-9H2,(H,19,20). The van der Waals surface area contributed by atoms with Gasteiger partial charge in [0.15, 0.2) is 5.69 Å². The van der Waals surface area contributed by atoms with Gasteiger partial charge in [0.1, 0.15) is 0 Å². The first-order chi connectivity index (χ1) is 9.74. The van der Waals surface area contributed by atoms with Gasteiger partial charge in [-0.05, 0) is 18.9 Å². The van der Waals surface area contributed by atoms with Gasteiger partial charge in [-0.2, -0.15) is 0 Å². The van der Waals surface area contributed by atoms with Crippen LogP contribution in [-0.2, 0) is 0 Å². The van der Waals surface area contributed by atoms with Crippen molar-refractivity contribution in [3.63, 3.8) is 0 Å². The zero-order valence-electron chi connectivity index (χ0n) is 11.0. The Morgan fingerprint density at radius 1 is 1.10 bits per heavy atom. The molecule has 0 bridgehead atoms. The molecule has 0 aliphatic carbocycles. The molecule has 1 aromatic carbocycles. The molecule has 3 rings (SSSR count). The molecule has 2 heterocycles. The lowest BCUT2D eigenvalue weighted by molar-refractivity contribution is 0.0690. The summed E-state index contributed by atoms with van der Waals surface area (Å²) in [7, 11) is 0. The molecular formula is C15H15N3O2. The second kappa shape index (κ2) is 5.28. The fraction of sp³-hybridized carbons (Fsp3) is 0.267. The van der Waals surface area contributed by atoms with Crippen molar-refractivity contribution in [3.05, 3.63) is 42.1 Å². The van der Waals surface area contributed by atoms with Crippen molar-refractivity contribution in [1.82, 2.24) is 9.97 Å². The molecule has 0 saturated carbocycles. The third-order valence-electron chi connectivity index (χ3n) is 3.39. The van der Waals surface area contributed by atoms with E-state index in [2.05, 4.69) is 9.97 Å². The second-order valence-electron chi connectivity index (χ2n) is 4.80. The number of carboxylic acid groups (broad SMARTS) is 1. The molecule has 0 spiro atoms. The van der Waals surface area contributed by atoms with Gasteiger partial charge in [0.2, 0.25) is 5.95 Å². The Labute approximate surface area is 116 Å². The van der Waals surface area contributed by atoms with E-state index in [4.69, 9.17) is 0 Å². The maximum Gasteiger partial charge on any atom is 0.354 e. The third kappa shape index (κ3) is 2.47. The summed E-state index contributed by atoms with van der Waals surface area (Å²) in [6, 6.07) is 11.1. The van der Waals surface area contributed by atoms with Crippen molar-refractivity contribution in [2.45, 2.75) is 12.8 Å². The quantitative estimate of drug-likeness (QED) is 0.927. The number of hydrogen-bond donors (Lipinski definition) is 1. The van der Waals surface area contributed by atoms with E-state index >= 15 is 0 Å². The molecule has 0 unspecified atom stereocenters. The van der Waals surface area contributed by atoms with Gasteiger partial charge in [-0.25, -0.2) is 14.8 Å². The first kappa shape index (κ1) is 12.6. The van der Waals surface area contributed by atoms with Crippen molar-refractivity contribution in [2.75, 3.05) is 18.0 Å². The van der Waals surface area contributed by atoms with Gasteiger partial charge < -0.3 is 10.0 Å². The van der Waals surface area contributed by atoms with Crippen molar-refractivity contribution >= 4 is 11.9 Å². The molecule has 102 valence electrons. The molecule has 20 heavy (non-hydrogen) atoms. The van der Waals surface area contributed by atoms with E-state index in [0.717, 1.165) is 31.5 Å². The Hall–Kier alpha value is -2.43. The summed E-state index contributed by atoms with van der Waals surface area (Å²) in [5, 5.41) is 9.21. The fourth-order valence-corrected chi connectivity index (χ4v) is 2.36. The molecule has 0 atom stereocenters. The minimum Gasteiger partial charge on any atom is -0.477 e. The first-order valence-corrected chi connectivity index (χ1v) is 6.67. The highest BCUT2D eigenvalue weighted by Gasteiger charge is 2.18. The number of aromatic carboxylic acids is 1. The second-order valence-corrected chi connectivity index (χ2v) is 4.80. The average molecular weight is 269 g/mol. The molecule has 0 radical (unpaired) electrons. The van der Waals surface area contributed by atoms with E-state index in [-0.39, 0.29) is 5.69 Å². The number of nitrogens with zero attached hydrogens (tertiary/aromatic N) is 3. The summed E-state index contributed by atoms with van der Waals surface area (Å²) in [5.41, 5.74) is 1.60. The van der Waals surface area contributed by atoms with E-state index in [1.165, 1.54) is 6.07 Å². The minimum atomic E-state index is -1.02. The topological polar surface area (TPSA) is 66.3 Å². The average Bonchev–Trinajstić information content (AvgIpc) is 3.02. The van der Waals surface area contributed by atoms with Crippen LogP contribution in [0.25, 0.3) is 11.3 Å². The molecular weight excluding hydrogens is 254 g/mol. The highest BCUT2D eigenvalue weighted by atomic mass is 16.4. The zero-order chi connectivity index (χ0) is 13.9. The molecule has 1 fully saturated rings. The summed E-state index contributed by atoms with van der Waals surface area (Å²) in [6.45, 7) is 1.77. The highest BCUT2D eigenvalue weighted by Crippen LogP contribution is 2.22. The van der Waals surface area contributed by atoms with Gasteiger partial charge >= 0.3 is 5.97 Å². The Morgan fingerprint density at radius 3 is 2.45 bits per heavy atom. The van der Waals surface area contributed by atoms with Gasteiger partial charge in [0, 0.05) is 18.7 Å². The van der Waals surface area contributed by atoms with Crippen LogP contribution in [0.3, 0.4) is 0 Å². The number of carboxylic acids is 1. The molecule has 1 aliphatic rings. The Bertz CT molecular complexity index is 622. The minimum absolute atomic E-state index is 0.0424. The monoisotopic (exact) mass is 269 g/mol. The van der Waals surface area contributed by atoms with Gasteiger partial charge in [0.05, 0.1) is 5.69 Å². The van der Waals surface area contributed by atoms with Crippen LogP contribution in [0.1, 0.15) is 23.3 Å². The number of aromatic nitrogens is 2. The van der Waals surface area contributed by atoms with E-state index < -0.39 is 5.97 Å². The summed E-state index contributed by atoms with van der Waals surface area (Å²) in [4.78, 5) is 22.0. The SMILES string of the molecule is O=C(O)c1cc(-c2ccccc2)nc(N2CCCC2)n1. The largest absolute Gasteiger partial charge is 0.477 e. The van der Waals surface area contributed by atoms with E-state index in [9.17, 15) is 9.90 Å². The predicted molar refractivity (Wildman–Crippen MR) is 75.9 cm³/mol. The van der Waals surface area contributed by atoms with Crippen LogP contribution in [0.15, 0.2) is 36.4 Å².